The Morgan fingerprint density at radius 1 is 1.15 bits per heavy atom. The highest BCUT2D eigenvalue weighted by atomic mass is 35.5. The zero-order chi connectivity index (χ0) is 15.3. The van der Waals surface area contributed by atoms with Crippen molar-refractivity contribution in [2.24, 2.45) is 5.92 Å². The largest absolute Gasteiger partial charge is 0.384 e. The van der Waals surface area contributed by atoms with E-state index in [2.05, 4.69) is 52.5 Å². The highest BCUT2D eigenvalue weighted by Crippen LogP contribution is 2.62. The van der Waals surface area contributed by atoms with Crippen LogP contribution in [0.4, 0.5) is 5.69 Å². The highest BCUT2D eigenvalue weighted by Gasteiger charge is 2.61. The van der Waals surface area contributed by atoms with Crippen LogP contribution in [0.2, 0.25) is 5.02 Å². The van der Waals surface area contributed by atoms with Crippen molar-refractivity contribution in [1.82, 2.24) is 0 Å². The fourth-order valence-corrected chi connectivity index (χ4v) is 4.24. The Morgan fingerprint density at radius 3 is 2.15 bits per heavy atom. The molecule has 0 saturated heterocycles. The molecule has 1 atom stereocenters. The van der Waals surface area contributed by atoms with E-state index in [9.17, 15) is 5.11 Å². The quantitative estimate of drug-likeness (QED) is 0.894. The molecule has 0 aliphatic heterocycles. The Bertz CT molecular complexity index is 520. The molecule has 0 heterocycles. The van der Waals surface area contributed by atoms with Crippen molar-refractivity contribution in [2.45, 2.75) is 52.6 Å². The molecule has 0 saturated carbocycles. The summed E-state index contributed by atoms with van der Waals surface area (Å²) in [4.78, 5) is 2.29. The van der Waals surface area contributed by atoms with Crippen molar-refractivity contribution >= 4 is 17.3 Å². The van der Waals surface area contributed by atoms with Crippen molar-refractivity contribution in [3.63, 3.8) is 0 Å². The molecule has 1 aromatic rings. The zero-order valence-electron chi connectivity index (χ0n) is 13.4. The number of nitrogens with zero attached hydrogens (tertiary/aromatic N) is 1. The van der Waals surface area contributed by atoms with Gasteiger partial charge in [-0.15, -0.1) is 0 Å². The third kappa shape index (κ3) is 1.74. The monoisotopic (exact) mass is 295 g/mol. The second-order valence-electron chi connectivity index (χ2n) is 6.53. The molecule has 1 aromatic carbocycles. The Morgan fingerprint density at radius 2 is 1.70 bits per heavy atom. The molecule has 1 N–H and O–H groups in total. The maximum atomic E-state index is 11.3. The lowest BCUT2D eigenvalue weighted by Gasteiger charge is -2.58. The molecule has 0 aromatic heterocycles. The first-order valence-corrected chi connectivity index (χ1v) is 7.91. The molecule has 0 unspecified atom stereocenters. The van der Waals surface area contributed by atoms with E-state index in [4.69, 9.17) is 11.6 Å². The molecule has 3 heteroatoms. The smallest absolute Gasteiger partial charge is 0.103 e. The second kappa shape index (κ2) is 4.92. The average molecular weight is 296 g/mol. The molecule has 0 spiro atoms. The molecule has 1 aliphatic carbocycles. The van der Waals surface area contributed by atoms with E-state index in [1.54, 1.807) is 0 Å². The van der Waals surface area contributed by atoms with E-state index in [0.717, 1.165) is 34.9 Å². The summed E-state index contributed by atoms with van der Waals surface area (Å²) in [7, 11) is 0. The van der Waals surface area contributed by atoms with Gasteiger partial charge in [0.1, 0.15) is 5.60 Å². The zero-order valence-corrected chi connectivity index (χ0v) is 14.2. The van der Waals surface area contributed by atoms with Gasteiger partial charge in [0.15, 0.2) is 0 Å². The summed E-state index contributed by atoms with van der Waals surface area (Å²) >= 11 is 6.42. The minimum absolute atomic E-state index is 0.151. The molecule has 2 nitrogen and oxygen atoms in total. The summed E-state index contributed by atoms with van der Waals surface area (Å²) in [5.41, 5.74) is 2.15. The minimum Gasteiger partial charge on any atom is -0.384 e. The third-order valence-corrected chi connectivity index (χ3v) is 5.35. The number of aliphatic hydroxyl groups is 1. The van der Waals surface area contributed by atoms with E-state index in [1.807, 2.05) is 6.07 Å². The van der Waals surface area contributed by atoms with Gasteiger partial charge in [-0.1, -0.05) is 39.3 Å². The molecular formula is C17H26ClNO. The van der Waals surface area contributed by atoms with Gasteiger partial charge in [-0.3, -0.25) is 0 Å². The van der Waals surface area contributed by atoms with E-state index in [-0.39, 0.29) is 11.3 Å². The van der Waals surface area contributed by atoms with Crippen molar-refractivity contribution in [3.8, 4) is 0 Å². The van der Waals surface area contributed by atoms with Gasteiger partial charge in [-0.2, -0.15) is 0 Å². The first-order chi connectivity index (χ1) is 9.23. The molecule has 1 aliphatic rings. The summed E-state index contributed by atoms with van der Waals surface area (Å²) in [6.07, 6.45) is 0. The van der Waals surface area contributed by atoms with Crippen LogP contribution < -0.4 is 4.90 Å². The number of anilines is 1. The Labute approximate surface area is 127 Å². The van der Waals surface area contributed by atoms with Gasteiger partial charge in [0, 0.05) is 34.8 Å². The Kier molecular flexibility index (Phi) is 3.85. The highest BCUT2D eigenvalue weighted by molar-refractivity contribution is 6.32. The number of fused-ring (bicyclic) bond motifs is 1. The average Bonchev–Trinajstić information content (AvgIpc) is 2.39. The van der Waals surface area contributed by atoms with Crippen molar-refractivity contribution < 1.29 is 5.11 Å². The SMILES string of the molecule is CCN(CC)c1ccc(Cl)c2c1[C@@](O)(C(C)C)C2(C)C. The Hall–Kier alpha value is -0.730. The number of hydrogen-bond acceptors (Lipinski definition) is 2. The number of benzene rings is 1. The van der Waals surface area contributed by atoms with Crippen LogP contribution in [-0.2, 0) is 11.0 Å². The fourth-order valence-electron chi connectivity index (χ4n) is 3.84. The van der Waals surface area contributed by atoms with Crippen molar-refractivity contribution in [3.05, 3.63) is 28.3 Å². The van der Waals surface area contributed by atoms with E-state index in [0.29, 0.717) is 0 Å². The van der Waals surface area contributed by atoms with Crippen LogP contribution in [0.5, 0.6) is 0 Å². The summed E-state index contributed by atoms with van der Waals surface area (Å²) in [5.74, 6) is 0.151. The molecule has 0 bridgehead atoms. The van der Waals surface area contributed by atoms with E-state index < -0.39 is 5.60 Å². The predicted octanol–water partition coefficient (Wildman–Crippen LogP) is 4.32. The maximum Gasteiger partial charge on any atom is 0.103 e. The van der Waals surface area contributed by atoms with Crippen LogP contribution >= 0.6 is 11.6 Å². The predicted molar refractivity (Wildman–Crippen MR) is 86.8 cm³/mol. The normalized spacial score (nSPS) is 23.4. The van der Waals surface area contributed by atoms with Crippen LogP contribution in [0.15, 0.2) is 12.1 Å². The van der Waals surface area contributed by atoms with Gasteiger partial charge >= 0.3 is 0 Å². The van der Waals surface area contributed by atoms with Gasteiger partial charge in [0.05, 0.1) is 0 Å². The molecule has 0 radical (unpaired) electrons. The van der Waals surface area contributed by atoms with E-state index >= 15 is 0 Å². The first-order valence-electron chi connectivity index (χ1n) is 7.54. The van der Waals surface area contributed by atoms with Crippen LogP contribution in [0.3, 0.4) is 0 Å². The van der Waals surface area contributed by atoms with Gasteiger partial charge in [-0.05, 0) is 37.5 Å². The van der Waals surface area contributed by atoms with Gasteiger partial charge < -0.3 is 10.0 Å². The summed E-state index contributed by atoms with van der Waals surface area (Å²) in [6, 6.07) is 4.02. The lowest BCUT2D eigenvalue weighted by Crippen LogP contribution is -2.59. The third-order valence-electron chi connectivity index (χ3n) is 5.03. The van der Waals surface area contributed by atoms with Gasteiger partial charge in [-0.25, -0.2) is 0 Å². The minimum atomic E-state index is -0.814. The maximum absolute atomic E-state index is 11.3. The molecule has 0 amide bonds. The van der Waals surface area contributed by atoms with Crippen LogP contribution in [0.25, 0.3) is 0 Å². The number of halogens is 1. The molecule has 0 fully saturated rings. The summed E-state index contributed by atoms with van der Waals surface area (Å²) in [6.45, 7) is 14.5. The molecule has 2 rings (SSSR count). The fraction of sp³-hybridized carbons (Fsp3) is 0.647. The lowest BCUT2D eigenvalue weighted by molar-refractivity contribution is -0.101. The van der Waals surface area contributed by atoms with Crippen LogP contribution in [0, 0.1) is 5.92 Å². The lowest BCUT2D eigenvalue weighted by atomic mass is 9.50. The van der Waals surface area contributed by atoms with Gasteiger partial charge in [0.25, 0.3) is 0 Å². The van der Waals surface area contributed by atoms with Crippen molar-refractivity contribution in [1.29, 1.82) is 0 Å². The summed E-state index contributed by atoms with van der Waals surface area (Å²) in [5, 5.41) is 12.1. The van der Waals surface area contributed by atoms with E-state index in [1.165, 1.54) is 0 Å². The standard InChI is InChI=1S/C17H26ClNO/c1-7-19(8-2)13-10-9-12(18)14-15(13)17(20,11(3)4)16(14,5)6/h9-11,20H,7-8H2,1-6H3/t17-/m0/s1. The van der Waals surface area contributed by atoms with Crippen LogP contribution in [0.1, 0.15) is 52.7 Å². The van der Waals surface area contributed by atoms with Crippen molar-refractivity contribution in [2.75, 3.05) is 18.0 Å². The number of rotatable bonds is 4. The second-order valence-corrected chi connectivity index (χ2v) is 6.94. The van der Waals surface area contributed by atoms with Crippen LogP contribution in [-0.4, -0.2) is 18.2 Å². The topological polar surface area (TPSA) is 23.5 Å². The molecular weight excluding hydrogens is 270 g/mol. The Balaban J connectivity index is 2.72. The van der Waals surface area contributed by atoms with Gasteiger partial charge in [0.2, 0.25) is 0 Å². The molecule has 112 valence electrons. The number of hydrogen-bond donors (Lipinski definition) is 1. The first kappa shape index (κ1) is 15.7. The summed E-state index contributed by atoms with van der Waals surface area (Å²) < 4.78 is 0. The molecule has 20 heavy (non-hydrogen) atoms.